The van der Waals surface area contributed by atoms with Crippen molar-refractivity contribution in [3.05, 3.63) is 101 Å². The number of benzene rings is 3. The van der Waals surface area contributed by atoms with E-state index in [-0.39, 0.29) is 30.9 Å². The van der Waals surface area contributed by atoms with Gasteiger partial charge in [0.15, 0.2) is 0 Å². The van der Waals surface area contributed by atoms with Gasteiger partial charge < -0.3 is 14.5 Å². The van der Waals surface area contributed by atoms with E-state index in [2.05, 4.69) is 0 Å². The molecule has 0 unspecified atom stereocenters. The zero-order valence-corrected chi connectivity index (χ0v) is 19.9. The van der Waals surface area contributed by atoms with Gasteiger partial charge in [-0.1, -0.05) is 42.5 Å². The summed E-state index contributed by atoms with van der Waals surface area (Å²) in [4.78, 5) is 29.5. The molecule has 1 aliphatic heterocycles. The lowest BCUT2D eigenvalue weighted by Gasteiger charge is -2.41. The van der Waals surface area contributed by atoms with Crippen molar-refractivity contribution < 1.29 is 27.5 Å². The molecule has 36 heavy (non-hydrogen) atoms. The van der Waals surface area contributed by atoms with Crippen molar-refractivity contribution in [2.75, 3.05) is 20.2 Å². The molecule has 1 saturated heterocycles. The molecule has 0 bridgehead atoms. The van der Waals surface area contributed by atoms with Crippen LogP contribution >= 0.6 is 0 Å². The first-order valence-corrected chi connectivity index (χ1v) is 11.7. The highest BCUT2D eigenvalue weighted by molar-refractivity contribution is 5.97. The lowest BCUT2D eigenvalue weighted by Crippen LogP contribution is -2.57. The molecule has 1 atom stereocenters. The highest BCUT2D eigenvalue weighted by Gasteiger charge is 2.35. The van der Waals surface area contributed by atoms with Gasteiger partial charge in [0, 0.05) is 18.7 Å². The fraction of sp³-hybridized carbons (Fsp3) is 0.286. The molecule has 8 heteroatoms. The smallest absolute Gasteiger partial charge is 0.416 e. The molecule has 1 aliphatic rings. The van der Waals surface area contributed by atoms with Crippen LogP contribution in [-0.4, -0.2) is 47.9 Å². The average molecular weight is 497 g/mol. The van der Waals surface area contributed by atoms with Gasteiger partial charge in [-0.2, -0.15) is 13.2 Å². The van der Waals surface area contributed by atoms with Gasteiger partial charge in [-0.25, -0.2) is 0 Å². The van der Waals surface area contributed by atoms with E-state index in [9.17, 15) is 22.8 Å². The summed E-state index contributed by atoms with van der Waals surface area (Å²) < 4.78 is 44.8. The summed E-state index contributed by atoms with van der Waals surface area (Å²) in [5, 5.41) is 0. The molecule has 4 rings (SSSR count). The SMILES string of the molecule is COc1ccc(C(=O)N2CC(=O)N(Cc3cccc(C(F)(F)F)c3)[C@@H](CCc3ccccc3)C2)cc1. The molecule has 1 fully saturated rings. The number of carbonyl (C=O) groups excluding carboxylic acids is 2. The Morgan fingerprint density at radius 2 is 1.67 bits per heavy atom. The van der Waals surface area contributed by atoms with Gasteiger partial charge in [0.25, 0.3) is 5.91 Å². The summed E-state index contributed by atoms with van der Waals surface area (Å²) >= 11 is 0. The maximum atomic E-state index is 13.2. The number of ether oxygens (including phenoxy) is 1. The number of alkyl halides is 3. The van der Waals surface area contributed by atoms with Gasteiger partial charge >= 0.3 is 6.18 Å². The molecular weight excluding hydrogens is 469 g/mol. The van der Waals surface area contributed by atoms with E-state index in [1.54, 1.807) is 35.2 Å². The topological polar surface area (TPSA) is 49.9 Å². The van der Waals surface area contributed by atoms with E-state index in [1.807, 2.05) is 30.3 Å². The largest absolute Gasteiger partial charge is 0.497 e. The van der Waals surface area contributed by atoms with Gasteiger partial charge in [-0.3, -0.25) is 9.59 Å². The third kappa shape index (κ3) is 6.05. The van der Waals surface area contributed by atoms with Crippen LogP contribution in [0, 0.1) is 0 Å². The molecule has 0 radical (unpaired) electrons. The number of hydrogen-bond acceptors (Lipinski definition) is 3. The number of rotatable bonds is 7. The van der Waals surface area contributed by atoms with Crippen LogP contribution in [0.2, 0.25) is 0 Å². The average Bonchev–Trinajstić information content (AvgIpc) is 2.89. The van der Waals surface area contributed by atoms with Crippen LogP contribution in [-0.2, 0) is 23.9 Å². The zero-order valence-electron chi connectivity index (χ0n) is 19.9. The van der Waals surface area contributed by atoms with Gasteiger partial charge in [-0.15, -0.1) is 0 Å². The van der Waals surface area contributed by atoms with E-state index >= 15 is 0 Å². The number of nitrogens with zero attached hydrogens (tertiary/aromatic N) is 2. The van der Waals surface area contributed by atoms with Crippen LogP contribution in [0.25, 0.3) is 0 Å². The fourth-order valence-corrected chi connectivity index (χ4v) is 4.43. The monoisotopic (exact) mass is 496 g/mol. The van der Waals surface area contributed by atoms with E-state index in [0.717, 1.165) is 17.7 Å². The van der Waals surface area contributed by atoms with Crippen LogP contribution < -0.4 is 4.74 Å². The van der Waals surface area contributed by atoms with Crippen molar-refractivity contribution in [1.29, 1.82) is 0 Å². The lowest BCUT2D eigenvalue weighted by atomic mass is 9.99. The number of piperazine rings is 1. The first-order valence-electron chi connectivity index (χ1n) is 11.7. The van der Waals surface area contributed by atoms with Crippen molar-refractivity contribution in [2.45, 2.75) is 31.6 Å². The maximum absolute atomic E-state index is 13.2. The van der Waals surface area contributed by atoms with Gasteiger partial charge in [0.2, 0.25) is 5.91 Å². The minimum absolute atomic E-state index is 0.0484. The number of methoxy groups -OCH3 is 1. The highest BCUT2D eigenvalue weighted by atomic mass is 19.4. The number of halogens is 3. The lowest BCUT2D eigenvalue weighted by molar-refractivity contribution is -0.139. The van der Waals surface area contributed by atoms with E-state index < -0.39 is 11.7 Å². The Balaban J connectivity index is 1.56. The van der Waals surface area contributed by atoms with E-state index in [1.165, 1.54) is 18.1 Å². The molecule has 188 valence electrons. The molecule has 0 aromatic heterocycles. The van der Waals surface area contributed by atoms with Crippen molar-refractivity contribution >= 4 is 11.8 Å². The first kappa shape index (κ1) is 25.3. The minimum atomic E-state index is -4.46. The Morgan fingerprint density at radius 3 is 2.33 bits per heavy atom. The third-order valence-corrected chi connectivity index (χ3v) is 6.36. The first-order chi connectivity index (χ1) is 17.2. The standard InChI is InChI=1S/C28H27F3N2O3/c1-36-25-14-11-22(12-15-25)27(35)32-18-24(13-10-20-6-3-2-4-7-20)33(26(34)19-32)17-21-8-5-9-23(16-21)28(29,30)31/h2-9,11-12,14-16,24H,10,13,17-19H2,1H3/t24-/m0/s1. The highest BCUT2D eigenvalue weighted by Crippen LogP contribution is 2.30. The summed E-state index contributed by atoms with van der Waals surface area (Å²) in [5.74, 6) is 0.0577. The van der Waals surface area contributed by atoms with Crippen LogP contribution in [0.3, 0.4) is 0 Å². The summed E-state index contributed by atoms with van der Waals surface area (Å²) in [6.07, 6.45) is -3.22. The fourth-order valence-electron chi connectivity index (χ4n) is 4.43. The maximum Gasteiger partial charge on any atom is 0.416 e. The molecule has 0 spiro atoms. The second-order valence-electron chi connectivity index (χ2n) is 8.81. The molecule has 2 amide bonds. The number of hydrogen-bond donors (Lipinski definition) is 0. The number of carbonyl (C=O) groups is 2. The van der Waals surface area contributed by atoms with Crippen LogP contribution in [0.4, 0.5) is 13.2 Å². The summed E-state index contributed by atoms with van der Waals surface area (Å²) in [6, 6.07) is 21.1. The van der Waals surface area contributed by atoms with Gasteiger partial charge in [0.1, 0.15) is 12.3 Å². The Bertz CT molecular complexity index is 1200. The quantitative estimate of drug-likeness (QED) is 0.452. The summed E-state index contributed by atoms with van der Waals surface area (Å²) in [6.45, 7) is 0.209. The third-order valence-electron chi connectivity index (χ3n) is 6.36. The second kappa shape index (κ2) is 10.8. The van der Waals surface area contributed by atoms with Crippen molar-refractivity contribution in [3.63, 3.8) is 0 Å². The summed E-state index contributed by atoms with van der Waals surface area (Å²) in [5.41, 5.74) is 1.18. The Labute approximate surface area is 208 Å². The molecular formula is C28H27F3N2O3. The van der Waals surface area contributed by atoms with E-state index in [4.69, 9.17) is 4.74 Å². The normalized spacial score (nSPS) is 16.2. The number of aryl methyl sites for hydroxylation is 1. The molecule has 3 aromatic rings. The van der Waals surface area contributed by atoms with Crippen molar-refractivity contribution in [2.24, 2.45) is 0 Å². The van der Waals surface area contributed by atoms with Crippen molar-refractivity contribution in [1.82, 2.24) is 9.80 Å². The second-order valence-corrected chi connectivity index (χ2v) is 8.81. The Hall–Kier alpha value is -3.81. The van der Waals surface area contributed by atoms with E-state index in [0.29, 0.717) is 36.3 Å². The Morgan fingerprint density at radius 1 is 0.972 bits per heavy atom. The zero-order chi connectivity index (χ0) is 25.7. The van der Waals surface area contributed by atoms with Crippen LogP contribution in [0.1, 0.15) is 33.5 Å². The predicted octanol–water partition coefficient (Wildman–Crippen LogP) is 5.20. The minimum Gasteiger partial charge on any atom is -0.497 e. The number of amides is 2. The molecule has 0 N–H and O–H groups in total. The Kier molecular flexibility index (Phi) is 7.62. The molecule has 0 aliphatic carbocycles. The molecule has 3 aromatic carbocycles. The van der Waals surface area contributed by atoms with Gasteiger partial charge in [0.05, 0.1) is 18.7 Å². The van der Waals surface area contributed by atoms with Crippen molar-refractivity contribution in [3.8, 4) is 5.75 Å². The molecule has 0 saturated carbocycles. The molecule has 1 heterocycles. The van der Waals surface area contributed by atoms with Gasteiger partial charge in [-0.05, 0) is 60.4 Å². The van der Waals surface area contributed by atoms with Crippen LogP contribution in [0.5, 0.6) is 5.75 Å². The summed E-state index contributed by atoms with van der Waals surface area (Å²) in [7, 11) is 1.54. The van der Waals surface area contributed by atoms with Crippen LogP contribution in [0.15, 0.2) is 78.9 Å². The predicted molar refractivity (Wildman–Crippen MR) is 129 cm³/mol. The molecule has 5 nitrogen and oxygen atoms in total.